The van der Waals surface area contributed by atoms with E-state index in [9.17, 15) is 0 Å². The zero-order chi connectivity index (χ0) is 4.50. The molecule has 0 saturated heterocycles. The molecule has 0 aromatic carbocycles. The fraction of sp³-hybridized carbons (Fsp3) is 0. The molecule has 0 aromatic rings. The fourth-order valence-electron chi connectivity index (χ4n) is 0. The standard InChI is InChI=1S/2ClH.2H3N.H2O4S.Pt/c;;;;1-5(2,3)4;/h2*1H;2*1H3;(H2,1,2,3,4);/q;;;;;+2/p-2. The molecule has 6 nitrogen and oxygen atoms in total. The van der Waals surface area contributed by atoms with Crippen LogP contribution in [0.3, 0.4) is 0 Å². The van der Waals surface area contributed by atoms with E-state index >= 15 is 0 Å². The van der Waals surface area contributed by atoms with Crippen molar-refractivity contribution >= 4 is 10.4 Å². The van der Waals surface area contributed by atoms with Crippen molar-refractivity contribution in [3.63, 3.8) is 0 Å². The van der Waals surface area contributed by atoms with E-state index in [-0.39, 0.29) is 58.2 Å². The van der Waals surface area contributed by atoms with Gasteiger partial charge in [-0.1, -0.05) is 0 Å². The van der Waals surface area contributed by atoms with Crippen LogP contribution in [0.5, 0.6) is 0 Å². The summed E-state index contributed by atoms with van der Waals surface area (Å²) in [6.45, 7) is 0. The van der Waals surface area contributed by atoms with Gasteiger partial charge in [-0.25, -0.2) is 0 Å². The molecule has 0 aromatic heterocycles. The van der Waals surface area contributed by atoms with Crippen LogP contribution in [0.15, 0.2) is 0 Å². The molecule has 0 heterocycles. The molecule has 0 bridgehead atoms. The predicted molar refractivity (Wildman–Crippen MR) is 24.2 cm³/mol. The minimum Gasteiger partial charge on any atom is -1.00 e. The summed E-state index contributed by atoms with van der Waals surface area (Å²) in [5.74, 6) is 0. The van der Waals surface area contributed by atoms with E-state index in [1.54, 1.807) is 0 Å². The molecule has 0 radical (unpaired) electrons. The Bertz CT molecular complexity index is 104. The topological polar surface area (TPSA) is 145 Å². The van der Waals surface area contributed by atoms with Crippen LogP contribution in [0.2, 0.25) is 0 Å². The molecule has 0 atom stereocenters. The van der Waals surface area contributed by atoms with Crippen LogP contribution >= 0.6 is 0 Å². The minimum atomic E-state index is -4.67. The van der Waals surface area contributed by atoms with Gasteiger partial charge in [-0.15, -0.1) is 0 Å². The monoisotopic (exact) mass is 397 g/mol. The van der Waals surface area contributed by atoms with Gasteiger partial charge in [0.25, 0.3) is 0 Å². The van der Waals surface area contributed by atoms with Gasteiger partial charge in [0.1, 0.15) is 0 Å². The van der Waals surface area contributed by atoms with Gasteiger partial charge < -0.3 is 37.1 Å². The van der Waals surface area contributed by atoms with Gasteiger partial charge in [0.2, 0.25) is 0 Å². The van der Waals surface area contributed by atoms with Crippen LogP contribution in [-0.2, 0) is 31.5 Å². The minimum absolute atomic E-state index is 0. The number of rotatable bonds is 0. The average Bonchev–Trinajstić information content (AvgIpc) is 0.722. The summed E-state index contributed by atoms with van der Waals surface area (Å²) in [4.78, 5) is 0. The second-order valence-electron chi connectivity index (χ2n) is 0.448. The van der Waals surface area contributed by atoms with Gasteiger partial charge in [0, 0.05) is 0 Å². The molecule has 72 valence electrons. The number of hydrogen-bond donors (Lipinski definition) is 4. The first-order valence-corrected chi connectivity index (χ1v) is 2.10. The van der Waals surface area contributed by atoms with Crippen LogP contribution in [0.25, 0.3) is 0 Å². The Morgan fingerprint density at radius 1 is 0.900 bits per heavy atom. The van der Waals surface area contributed by atoms with E-state index in [0.717, 1.165) is 0 Å². The first-order valence-electron chi connectivity index (χ1n) is 0.698. The smallest absolute Gasteiger partial charge is 1.00 e. The van der Waals surface area contributed by atoms with Gasteiger partial charge in [0.05, 0.1) is 0 Å². The maximum Gasteiger partial charge on any atom is 2.00 e. The quantitative estimate of drug-likeness (QED) is 0.299. The van der Waals surface area contributed by atoms with Crippen LogP contribution in [0, 0.1) is 0 Å². The van der Waals surface area contributed by atoms with E-state index in [1.165, 1.54) is 0 Å². The van der Waals surface area contributed by atoms with Crippen LogP contribution < -0.4 is 37.1 Å². The van der Waals surface area contributed by atoms with E-state index in [2.05, 4.69) is 0 Å². The van der Waals surface area contributed by atoms with Crippen molar-refractivity contribution in [1.29, 1.82) is 0 Å². The van der Waals surface area contributed by atoms with Gasteiger partial charge in [-0.05, 0) is 0 Å². The molecule has 0 unspecified atom stereocenters. The van der Waals surface area contributed by atoms with Gasteiger partial charge >= 0.3 is 31.5 Å². The molecule has 0 fully saturated rings. The third-order valence-corrected chi connectivity index (χ3v) is 0. The van der Waals surface area contributed by atoms with E-state index in [0.29, 0.717) is 0 Å². The Balaban J connectivity index is -0.00000000800. The molecule has 8 N–H and O–H groups in total. The molecule has 0 rings (SSSR count). The molecule has 0 aliphatic rings. The molecular weight excluding hydrogens is 390 g/mol. The van der Waals surface area contributed by atoms with E-state index in [4.69, 9.17) is 17.5 Å². The van der Waals surface area contributed by atoms with Crippen LogP contribution in [-0.4, -0.2) is 17.5 Å². The fourth-order valence-corrected chi connectivity index (χ4v) is 0. The SMILES string of the molecule is N.N.O=S(=O)(O)O.[Cl-].[Cl-].[Pt+2]. The van der Waals surface area contributed by atoms with Gasteiger partial charge in [-0.3, -0.25) is 9.11 Å². The summed E-state index contributed by atoms with van der Waals surface area (Å²) in [6.07, 6.45) is 0. The third-order valence-electron chi connectivity index (χ3n) is 0. The summed E-state index contributed by atoms with van der Waals surface area (Å²) < 4.78 is 31.6. The Morgan fingerprint density at radius 2 is 0.900 bits per heavy atom. The Kier molecular flexibility index (Phi) is 72.4. The van der Waals surface area contributed by atoms with Gasteiger partial charge in [0.15, 0.2) is 0 Å². The summed E-state index contributed by atoms with van der Waals surface area (Å²) in [7, 11) is -4.67. The van der Waals surface area contributed by atoms with Crippen molar-refractivity contribution in [3.8, 4) is 0 Å². The zero-order valence-electron chi connectivity index (χ0n) is 4.61. The molecule has 0 aliphatic heterocycles. The van der Waals surface area contributed by atoms with Gasteiger partial charge in [-0.2, -0.15) is 8.42 Å². The van der Waals surface area contributed by atoms with Crippen LogP contribution in [0.4, 0.5) is 0 Å². The summed E-state index contributed by atoms with van der Waals surface area (Å²) >= 11 is 0. The normalized spacial score (nSPS) is 5.80. The molecular formula is H8Cl2N2O4PtS. The van der Waals surface area contributed by atoms with Crippen molar-refractivity contribution in [1.82, 2.24) is 12.3 Å². The largest absolute Gasteiger partial charge is 2.00 e. The van der Waals surface area contributed by atoms with Crippen molar-refractivity contribution in [2.45, 2.75) is 0 Å². The third kappa shape index (κ3) is 525. The molecule has 10 heavy (non-hydrogen) atoms. The average molecular weight is 398 g/mol. The zero-order valence-corrected chi connectivity index (χ0v) is 9.21. The summed E-state index contributed by atoms with van der Waals surface area (Å²) in [6, 6.07) is 0. The first-order chi connectivity index (χ1) is 2.00. The summed E-state index contributed by atoms with van der Waals surface area (Å²) in [5, 5.41) is 0. The van der Waals surface area contributed by atoms with E-state index in [1.807, 2.05) is 0 Å². The van der Waals surface area contributed by atoms with Crippen LogP contribution in [0.1, 0.15) is 0 Å². The van der Waals surface area contributed by atoms with Crippen molar-refractivity contribution < 1.29 is 63.4 Å². The second kappa shape index (κ2) is 16.6. The second-order valence-corrected chi connectivity index (χ2v) is 1.34. The maximum atomic E-state index is 8.74. The molecule has 10 heteroatoms. The first kappa shape index (κ1) is 43.7. The van der Waals surface area contributed by atoms with Crippen molar-refractivity contribution in [3.05, 3.63) is 0 Å². The molecule has 0 aliphatic carbocycles. The van der Waals surface area contributed by atoms with Crippen molar-refractivity contribution in [2.75, 3.05) is 0 Å². The molecule has 0 saturated carbocycles. The predicted octanol–water partition coefficient (Wildman–Crippen LogP) is -6.32. The number of halogens is 2. The Labute approximate surface area is 86.0 Å². The maximum absolute atomic E-state index is 8.74. The summed E-state index contributed by atoms with van der Waals surface area (Å²) in [5.41, 5.74) is 0. The molecule has 0 amide bonds. The Morgan fingerprint density at radius 3 is 0.900 bits per heavy atom. The van der Waals surface area contributed by atoms with Crippen molar-refractivity contribution in [2.24, 2.45) is 0 Å². The molecule has 0 spiro atoms. The Hall–Kier alpha value is 1.06. The number of hydrogen-bond acceptors (Lipinski definition) is 4. The van der Waals surface area contributed by atoms with E-state index < -0.39 is 10.4 Å².